The van der Waals surface area contributed by atoms with Crippen LogP contribution in [0.5, 0.6) is 11.5 Å². The molecule has 0 saturated carbocycles. The van der Waals surface area contributed by atoms with E-state index in [1.807, 2.05) is 66.1 Å². The first-order valence-electron chi connectivity index (χ1n) is 10.1. The number of benzene rings is 2. The Morgan fingerprint density at radius 2 is 1.77 bits per heavy atom. The third kappa shape index (κ3) is 5.58. The van der Waals surface area contributed by atoms with Gasteiger partial charge in [-0.15, -0.1) is 10.2 Å². The van der Waals surface area contributed by atoms with Crippen molar-refractivity contribution in [3.63, 3.8) is 0 Å². The first-order chi connectivity index (χ1) is 14.9. The van der Waals surface area contributed by atoms with Crippen molar-refractivity contribution < 1.29 is 14.3 Å². The number of para-hydroxylation sites is 1. The number of rotatable bonds is 9. The van der Waals surface area contributed by atoms with E-state index in [9.17, 15) is 4.79 Å². The zero-order valence-corrected chi connectivity index (χ0v) is 19.3. The Labute approximate surface area is 187 Å². The van der Waals surface area contributed by atoms with Gasteiger partial charge >= 0.3 is 0 Å². The minimum absolute atomic E-state index is 0.00302. The van der Waals surface area contributed by atoms with Crippen molar-refractivity contribution in [2.24, 2.45) is 0 Å². The van der Waals surface area contributed by atoms with Gasteiger partial charge in [0.2, 0.25) is 5.91 Å². The molecule has 1 amide bonds. The van der Waals surface area contributed by atoms with Crippen LogP contribution in [0.15, 0.2) is 59.8 Å². The van der Waals surface area contributed by atoms with E-state index in [0.29, 0.717) is 16.7 Å². The molecule has 0 aliphatic carbocycles. The molecule has 0 radical (unpaired) electrons. The van der Waals surface area contributed by atoms with Gasteiger partial charge < -0.3 is 18.9 Å². The summed E-state index contributed by atoms with van der Waals surface area (Å²) in [6.07, 6.45) is -0.320. The highest BCUT2D eigenvalue weighted by Gasteiger charge is 2.23. The fourth-order valence-corrected chi connectivity index (χ4v) is 4.09. The van der Waals surface area contributed by atoms with E-state index < -0.39 is 0 Å². The minimum atomic E-state index is -0.320. The van der Waals surface area contributed by atoms with Crippen LogP contribution < -0.4 is 14.4 Å². The van der Waals surface area contributed by atoms with Gasteiger partial charge in [-0.1, -0.05) is 36.0 Å². The largest absolute Gasteiger partial charge is 0.497 e. The maximum absolute atomic E-state index is 12.7. The Hall–Kier alpha value is -3.00. The van der Waals surface area contributed by atoms with Crippen LogP contribution in [0.2, 0.25) is 0 Å². The topological polar surface area (TPSA) is 69.5 Å². The number of carbonyl (C=O) groups is 1. The molecule has 0 fully saturated rings. The van der Waals surface area contributed by atoms with Gasteiger partial charge in [-0.3, -0.25) is 4.79 Å². The summed E-state index contributed by atoms with van der Waals surface area (Å²) in [5, 5.41) is 9.40. The van der Waals surface area contributed by atoms with Crippen LogP contribution in [-0.2, 0) is 4.79 Å². The molecule has 164 valence electrons. The van der Waals surface area contributed by atoms with Crippen molar-refractivity contribution in [1.82, 2.24) is 14.8 Å². The van der Waals surface area contributed by atoms with E-state index in [0.717, 1.165) is 11.4 Å². The van der Waals surface area contributed by atoms with E-state index in [1.165, 1.54) is 11.8 Å². The molecule has 0 bridgehead atoms. The summed E-state index contributed by atoms with van der Waals surface area (Å²) >= 11 is 1.38. The molecule has 7 nitrogen and oxygen atoms in total. The van der Waals surface area contributed by atoms with Crippen LogP contribution in [0.3, 0.4) is 0 Å². The van der Waals surface area contributed by atoms with Gasteiger partial charge in [-0.2, -0.15) is 0 Å². The highest BCUT2D eigenvalue weighted by Crippen LogP contribution is 2.29. The number of thioether (sulfide) groups is 1. The molecule has 1 unspecified atom stereocenters. The van der Waals surface area contributed by atoms with Crippen molar-refractivity contribution in [3.8, 4) is 11.5 Å². The standard InChI is InChI=1S/C23H28N4O3S/c1-16(2)27-22(17(3)30-20-13-9-12-19(14-20)29-5)24-25-23(27)31-15-21(28)26(4)18-10-7-6-8-11-18/h6-14,16-17H,15H2,1-5H3. The molecule has 8 heteroatoms. The Morgan fingerprint density at radius 1 is 1.06 bits per heavy atom. The third-order valence-electron chi connectivity index (χ3n) is 4.77. The Bertz CT molecular complexity index is 1010. The lowest BCUT2D eigenvalue weighted by Gasteiger charge is -2.20. The summed E-state index contributed by atoms with van der Waals surface area (Å²) in [6, 6.07) is 17.2. The molecule has 0 saturated heterocycles. The second kappa shape index (κ2) is 10.3. The van der Waals surface area contributed by atoms with Crippen LogP contribution >= 0.6 is 11.8 Å². The molecule has 1 atom stereocenters. The van der Waals surface area contributed by atoms with Crippen LogP contribution in [0, 0.1) is 0 Å². The first kappa shape index (κ1) is 22.7. The van der Waals surface area contributed by atoms with Gasteiger partial charge in [0, 0.05) is 24.8 Å². The SMILES string of the molecule is COc1cccc(OC(C)c2nnc(SCC(=O)N(C)c3ccccc3)n2C(C)C)c1. The second-order valence-corrected chi connectivity index (χ2v) is 8.26. The molecule has 3 aromatic rings. The maximum atomic E-state index is 12.7. The Morgan fingerprint density at radius 3 is 2.45 bits per heavy atom. The number of ether oxygens (including phenoxy) is 2. The van der Waals surface area contributed by atoms with E-state index in [-0.39, 0.29) is 23.8 Å². The van der Waals surface area contributed by atoms with Crippen molar-refractivity contribution in [3.05, 3.63) is 60.4 Å². The Kier molecular flexibility index (Phi) is 7.57. The predicted octanol–water partition coefficient (Wildman–Crippen LogP) is 4.76. The number of hydrogen-bond donors (Lipinski definition) is 0. The Balaban J connectivity index is 1.71. The minimum Gasteiger partial charge on any atom is -0.497 e. The second-order valence-electron chi connectivity index (χ2n) is 7.32. The van der Waals surface area contributed by atoms with Gasteiger partial charge in [0.1, 0.15) is 11.5 Å². The van der Waals surface area contributed by atoms with Gasteiger partial charge in [-0.25, -0.2) is 0 Å². The van der Waals surface area contributed by atoms with Gasteiger partial charge in [0.05, 0.1) is 12.9 Å². The highest BCUT2D eigenvalue weighted by atomic mass is 32.2. The molecule has 31 heavy (non-hydrogen) atoms. The van der Waals surface area contributed by atoms with Crippen LogP contribution in [-0.4, -0.2) is 40.6 Å². The number of hydrogen-bond acceptors (Lipinski definition) is 6. The molecule has 1 aromatic heterocycles. The van der Waals surface area contributed by atoms with E-state index >= 15 is 0 Å². The van der Waals surface area contributed by atoms with Crippen molar-refractivity contribution in [2.75, 3.05) is 24.8 Å². The molecule has 2 aromatic carbocycles. The first-order valence-corrected chi connectivity index (χ1v) is 11.1. The summed E-state index contributed by atoms with van der Waals surface area (Å²) in [6.45, 7) is 6.06. The number of carbonyl (C=O) groups excluding carboxylic acids is 1. The van der Waals surface area contributed by atoms with Gasteiger partial charge in [0.25, 0.3) is 0 Å². The average Bonchev–Trinajstić information content (AvgIpc) is 3.22. The summed E-state index contributed by atoms with van der Waals surface area (Å²) in [5.41, 5.74) is 0.861. The molecule has 0 aliphatic rings. The van der Waals surface area contributed by atoms with Crippen LogP contribution in [0.4, 0.5) is 5.69 Å². The zero-order chi connectivity index (χ0) is 22.4. The monoisotopic (exact) mass is 440 g/mol. The fourth-order valence-electron chi connectivity index (χ4n) is 3.10. The summed E-state index contributed by atoms with van der Waals surface area (Å²) in [5.74, 6) is 2.40. The quantitative estimate of drug-likeness (QED) is 0.447. The normalized spacial score (nSPS) is 11.9. The molecular formula is C23H28N4O3S. The number of anilines is 1. The maximum Gasteiger partial charge on any atom is 0.237 e. The number of methoxy groups -OCH3 is 1. The molecule has 0 N–H and O–H groups in total. The lowest BCUT2D eigenvalue weighted by atomic mass is 10.3. The average molecular weight is 441 g/mol. The van der Waals surface area contributed by atoms with E-state index in [4.69, 9.17) is 9.47 Å². The van der Waals surface area contributed by atoms with Gasteiger partial charge in [0.15, 0.2) is 17.1 Å². The summed E-state index contributed by atoms with van der Waals surface area (Å²) < 4.78 is 13.4. The number of nitrogens with zero attached hydrogens (tertiary/aromatic N) is 4. The smallest absolute Gasteiger partial charge is 0.237 e. The van der Waals surface area contributed by atoms with Gasteiger partial charge in [-0.05, 0) is 45.0 Å². The zero-order valence-electron chi connectivity index (χ0n) is 18.5. The van der Waals surface area contributed by atoms with Crippen LogP contribution in [0.1, 0.15) is 38.7 Å². The summed E-state index contributed by atoms with van der Waals surface area (Å²) in [4.78, 5) is 14.3. The lowest BCUT2D eigenvalue weighted by molar-refractivity contribution is -0.115. The molecule has 1 heterocycles. The third-order valence-corrected chi connectivity index (χ3v) is 5.70. The lowest BCUT2D eigenvalue weighted by Crippen LogP contribution is -2.28. The fraction of sp³-hybridized carbons (Fsp3) is 0.348. The van der Waals surface area contributed by atoms with E-state index in [1.54, 1.807) is 19.1 Å². The molecule has 0 spiro atoms. The van der Waals surface area contributed by atoms with Crippen molar-refractivity contribution >= 4 is 23.4 Å². The highest BCUT2D eigenvalue weighted by molar-refractivity contribution is 7.99. The van der Waals surface area contributed by atoms with Crippen molar-refractivity contribution in [2.45, 2.75) is 38.1 Å². The predicted molar refractivity (Wildman–Crippen MR) is 123 cm³/mol. The molecule has 0 aliphatic heterocycles. The number of amides is 1. The van der Waals surface area contributed by atoms with Crippen LogP contribution in [0.25, 0.3) is 0 Å². The number of aromatic nitrogens is 3. The van der Waals surface area contributed by atoms with E-state index in [2.05, 4.69) is 24.0 Å². The summed E-state index contributed by atoms with van der Waals surface area (Å²) in [7, 11) is 3.40. The molecule has 3 rings (SSSR count). The molecular weight excluding hydrogens is 412 g/mol. The van der Waals surface area contributed by atoms with Crippen molar-refractivity contribution in [1.29, 1.82) is 0 Å².